The van der Waals surface area contributed by atoms with E-state index in [4.69, 9.17) is 10.5 Å². The van der Waals surface area contributed by atoms with E-state index in [1.165, 1.54) is 24.3 Å². The van der Waals surface area contributed by atoms with Crippen molar-refractivity contribution in [2.45, 2.75) is 15.9 Å². The second kappa shape index (κ2) is 6.26. The van der Waals surface area contributed by atoms with E-state index in [-0.39, 0.29) is 21.5 Å². The molecule has 0 radical (unpaired) electrons. The Labute approximate surface area is 140 Å². The number of likely N-dealkylation sites (N-methyl/N-ethyl adjacent to an activating group) is 1. The Morgan fingerprint density at radius 2 is 1.75 bits per heavy atom. The van der Waals surface area contributed by atoms with Crippen LogP contribution in [0.2, 0.25) is 0 Å². The molecule has 24 heavy (non-hydrogen) atoms. The first kappa shape index (κ1) is 16.5. The molecule has 0 spiro atoms. The number of hydrogen-bond donors (Lipinski definition) is 1. The van der Waals surface area contributed by atoms with Crippen LogP contribution >= 0.6 is 0 Å². The standard InChI is InChI=1S/C17H18N2O4S/c1-19-10-13(11-19)23-12-6-8-14(9-7-12)24(21,22)16-5-3-2-4-15(16)17(18)20/h2-9,13H,10-11H2,1H3,(H2,18,20). The van der Waals surface area contributed by atoms with Gasteiger partial charge in [0.2, 0.25) is 15.7 Å². The monoisotopic (exact) mass is 346 g/mol. The molecule has 0 aliphatic carbocycles. The second-order valence-electron chi connectivity index (χ2n) is 5.80. The van der Waals surface area contributed by atoms with E-state index in [1.807, 2.05) is 7.05 Å². The molecular formula is C17H18N2O4S. The lowest BCUT2D eigenvalue weighted by Gasteiger charge is -2.36. The van der Waals surface area contributed by atoms with Crippen molar-refractivity contribution in [1.29, 1.82) is 0 Å². The maximum Gasteiger partial charge on any atom is 0.250 e. The Balaban J connectivity index is 1.86. The molecule has 1 aliphatic rings. The third-order valence-electron chi connectivity index (χ3n) is 3.91. The van der Waals surface area contributed by atoms with Crippen LogP contribution < -0.4 is 10.5 Å². The number of rotatable bonds is 5. The van der Waals surface area contributed by atoms with Crippen LogP contribution in [-0.4, -0.2) is 45.5 Å². The lowest BCUT2D eigenvalue weighted by molar-refractivity contribution is 0.0388. The summed E-state index contributed by atoms with van der Waals surface area (Å²) in [5, 5.41) is 0. The van der Waals surface area contributed by atoms with Crippen LogP contribution in [0.15, 0.2) is 58.3 Å². The molecule has 0 atom stereocenters. The molecule has 2 aromatic carbocycles. The number of likely N-dealkylation sites (tertiary alicyclic amines) is 1. The van der Waals surface area contributed by atoms with Gasteiger partial charge in [0.15, 0.2) is 0 Å². The topological polar surface area (TPSA) is 89.7 Å². The Hall–Kier alpha value is -2.38. The summed E-state index contributed by atoms with van der Waals surface area (Å²) in [5.41, 5.74) is 5.26. The fourth-order valence-electron chi connectivity index (χ4n) is 2.64. The molecule has 2 aromatic rings. The number of nitrogens with zero attached hydrogens (tertiary/aromatic N) is 1. The average molecular weight is 346 g/mol. The minimum atomic E-state index is -3.82. The van der Waals surface area contributed by atoms with E-state index in [1.54, 1.807) is 24.3 Å². The Morgan fingerprint density at radius 3 is 2.33 bits per heavy atom. The Kier molecular flexibility index (Phi) is 4.29. The molecule has 1 fully saturated rings. The zero-order chi connectivity index (χ0) is 17.3. The summed E-state index contributed by atoms with van der Waals surface area (Å²) in [7, 11) is -1.82. The van der Waals surface area contributed by atoms with Crippen LogP contribution in [0.5, 0.6) is 5.75 Å². The maximum absolute atomic E-state index is 12.7. The highest BCUT2D eigenvalue weighted by Gasteiger charge is 2.26. The highest BCUT2D eigenvalue weighted by Crippen LogP contribution is 2.26. The fourth-order valence-corrected chi connectivity index (χ4v) is 4.10. The molecule has 0 saturated carbocycles. The predicted octanol–water partition coefficient (Wildman–Crippen LogP) is 1.31. The molecule has 1 heterocycles. The van der Waals surface area contributed by atoms with Crippen LogP contribution in [0.4, 0.5) is 0 Å². The van der Waals surface area contributed by atoms with E-state index in [0.717, 1.165) is 13.1 Å². The number of benzene rings is 2. The van der Waals surface area contributed by atoms with E-state index in [9.17, 15) is 13.2 Å². The van der Waals surface area contributed by atoms with Gasteiger partial charge in [0, 0.05) is 13.1 Å². The summed E-state index contributed by atoms with van der Waals surface area (Å²) >= 11 is 0. The van der Waals surface area contributed by atoms with E-state index in [2.05, 4.69) is 4.90 Å². The van der Waals surface area contributed by atoms with Crippen molar-refractivity contribution in [2.75, 3.05) is 20.1 Å². The van der Waals surface area contributed by atoms with Gasteiger partial charge < -0.3 is 10.5 Å². The van der Waals surface area contributed by atoms with E-state index >= 15 is 0 Å². The van der Waals surface area contributed by atoms with Crippen LogP contribution in [0.1, 0.15) is 10.4 Å². The number of amides is 1. The molecule has 126 valence electrons. The number of carbonyl (C=O) groups excluding carboxylic acids is 1. The molecule has 1 aliphatic heterocycles. The number of ether oxygens (including phenoxy) is 1. The highest BCUT2D eigenvalue weighted by atomic mass is 32.2. The van der Waals surface area contributed by atoms with Crippen molar-refractivity contribution in [3.05, 3.63) is 54.1 Å². The number of sulfone groups is 1. The SMILES string of the molecule is CN1CC(Oc2ccc(S(=O)(=O)c3ccccc3C(N)=O)cc2)C1. The quantitative estimate of drug-likeness (QED) is 0.882. The normalized spacial score (nSPS) is 15.7. The molecule has 2 N–H and O–H groups in total. The van der Waals surface area contributed by atoms with Crippen LogP contribution in [0.25, 0.3) is 0 Å². The smallest absolute Gasteiger partial charge is 0.250 e. The van der Waals surface area contributed by atoms with Crippen LogP contribution in [0, 0.1) is 0 Å². The van der Waals surface area contributed by atoms with Gasteiger partial charge in [-0.15, -0.1) is 0 Å². The minimum Gasteiger partial charge on any atom is -0.488 e. The zero-order valence-corrected chi connectivity index (χ0v) is 14.0. The van der Waals surface area contributed by atoms with E-state index < -0.39 is 15.7 Å². The van der Waals surface area contributed by atoms with Crippen molar-refractivity contribution < 1.29 is 17.9 Å². The first-order valence-corrected chi connectivity index (χ1v) is 8.95. The lowest BCUT2D eigenvalue weighted by atomic mass is 10.2. The lowest BCUT2D eigenvalue weighted by Crippen LogP contribution is -2.51. The van der Waals surface area contributed by atoms with Gasteiger partial charge in [-0.25, -0.2) is 8.42 Å². The van der Waals surface area contributed by atoms with Gasteiger partial charge in [-0.1, -0.05) is 12.1 Å². The Bertz CT molecular complexity index is 856. The average Bonchev–Trinajstić information content (AvgIpc) is 2.54. The van der Waals surface area contributed by atoms with Gasteiger partial charge in [0.25, 0.3) is 0 Å². The second-order valence-corrected chi connectivity index (χ2v) is 7.71. The summed E-state index contributed by atoms with van der Waals surface area (Å²) in [5.74, 6) is -0.154. The molecule has 7 heteroatoms. The first-order chi connectivity index (χ1) is 11.4. The molecular weight excluding hydrogens is 328 g/mol. The van der Waals surface area contributed by atoms with Crippen LogP contribution in [-0.2, 0) is 9.84 Å². The van der Waals surface area contributed by atoms with Gasteiger partial charge in [-0.05, 0) is 43.4 Å². The third kappa shape index (κ3) is 3.13. The van der Waals surface area contributed by atoms with Gasteiger partial charge in [-0.2, -0.15) is 0 Å². The van der Waals surface area contributed by atoms with Gasteiger partial charge in [0.05, 0.1) is 15.4 Å². The maximum atomic E-state index is 12.7. The van der Waals surface area contributed by atoms with Crippen molar-refractivity contribution in [3.8, 4) is 5.75 Å². The summed E-state index contributed by atoms with van der Waals surface area (Å²) in [6, 6.07) is 12.1. The van der Waals surface area contributed by atoms with Gasteiger partial charge in [-0.3, -0.25) is 9.69 Å². The van der Waals surface area contributed by atoms with Crippen molar-refractivity contribution >= 4 is 15.7 Å². The van der Waals surface area contributed by atoms with E-state index in [0.29, 0.717) is 5.75 Å². The molecule has 0 unspecified atom stereocenters. The van der Waals surface area contributed by atoms with Crippen molar-refractivity contribution in [3.63, 3.8) is 0 Å². The summed E-state index contributed by atoms with van der Waals surface area (Å²) in [6.45, 7) is 1.71. The third-order valence-corrected chi connectivity index (χ3v) is 5.74. The molecule has 1 saturated heterocycles. The summed E-state index contributed by atoms with van der Waals surface area (Å²) < 4.78 is 31.2. The summed E-state index contributed by atoms with van der Waals surface area (Å²) in [6.07, 6.45) is 0.132. The van der Waals surface area contributed by atoms with Gasteiger partial charge >= 0.3 is 0 Å². The molecule has 0 bridgehead atoms. The Morgan fingerprint density at radius 1 is 1.12 bits per heavy atom. The van der Waals surface area contributed by atoms with Crippen LogP contribution in [0.3, 0.4) is 0 Å². The largest absolute Gasteiger partial charge is 0.488 e. The van der Waals surface area contributed by atoms with Crippen molar-refractivity contribution in [2.24, 2.45) is 5.73 Å². The number of nitrogens with two attached hydrogens (primary N) is 1. The van der Waals surface area contributed by atoms with Crippen molar-refractivity contribution in [1.82, 2.24) is 4.90 Å². The first-order valence-electron chi connectivity index (χ1n) is 7.47. The summed E-state index contributed by atoms with van der Waals surface area (Å²) in [4.78, 5) is 13.6. The van der Waals surface area contributed by atoms with Gasteiger partial charge in [0.1, 0.15) is 11.9 Å². The minimum absolute atomic E-state index is 0.0182. The number of primary amides is 1. The zero-order valence-electron chi connectivity index (χ0n) is 13.2. The molecule has 6 nitrogen and oxygen atoms in total. The highest BCUT2D eigenvalue weighted by molar-refractivity contribution is 7.91. The number of carbonyl (C=O) groups is 1. The molecule has 3 rings (SSSR count). The predicted molar refractivity (Wildman–Crippen MR) is 88.8 cm³/mol. The molecule has 1 amide bonds. The fraction of sp³-hybridized carbons (Fsp3) is 0.235. The number of hydrogen-bond acceptors (Lipinski definition) is 5. The molecule has 0 aromatic heterocycles.